The second-order valence-electron chi connectivity index (χ2n) is 6.79. The molecule has 0 saturated carbocycles. The summed E-state index contributed by atoms with van der Waals surface area (Å²) in [4.78, 5) is 4.41. The summed E-state index contributed by atoms with van der Waals surface area (Å²) in [5.74, 6) is 4.02. The van der Waals surface area contributed by atoms with Crippen LogP contribution in [0.15, 0.2) is 79.1 Å². The Hall–Kier alpha value is -3.53. The number of imidazole rings is 1. The van der Waals surface area contributed by atoms with Crippen molar-refractivity contribution >= 4 is 0 Å². The van der Waals surface area contributed by atoms with Gasteiger partial charge in [-0.15, -0.1) is 0 Å². The quantitative estimate of drug-likeness (QED) is 0.414. The van der Waals surface area contributed by atoms with Gasteiger partial charge in [0.2, 0.25) is 0 Å². The van der Waals surface area contributed by atoms with Crippen molar-refractivity contribution in [2.24, 2.45) is 7.05 Å². The van der Waals surface area contributed by atoms with E-state index >= 15 is 0 Å². The van der Waals surface area contributed by atoms with E-state index < -0.39 is 0 Å². The van der Waals surface area contributed by atoms with Crippen LogP contribution in [-0.2, 0) is 7.05 Å². The lowest BCUT2D eigenvalue weighted by Gasteiger charge is -2.14. The van der Waals surface area contributed by atoms with Crippen molar-refractivity contribution in [2.75, 3.05) is 0 Å². The van der Waals surface area contributed by atoms with E-state index in [9.17, 15) is 0 Å². The van der Waals surface area contributed by atoms with Crippen LogP contribution in [0.5, 0.6) is 23.0 Å². The van der Waals surface area contributed by atoms with Crippen LogP contribution in [0, 0.1) is 13.8 Å². The number of benzene rings is 3. The molecular weight excluding hydrogens is 348 g/mol. The maximum absolute atomic E-state index is 6.20. The van der Waals surface area contributed by atoms with Crippen LogP contribution >= 0.6 is 0 Å². The molecule has 0 spiro atoms. The molecule has 0 aliphatic heterocycles. The molecule has 0 aliphatic carbocycles. The van der Waals surface area contributed by atoms with E-state index in [1.807, 2.05) is 92.3 Å². The minimum atomic E-state index is 0.762. The maximum Gasteiger partial charge on any atom is 0.139 e. The third kappa shape index (κ3) is 3.76. The molecule has 1 aromatic heterocycles. The van der Waals surface area contributed by atoms with Crippen molar-refractivity contribution in [3.63, 3.8) is 0 Å². The first kappa shape index (κ1) is 17.9. The van der Waals surface area contributed by atoms with Crippen LogP contribution in [0.2, 0.25) is 0 Å². The maximum atomic E-state index is 6.20. The highest BCUT2D eigenvalue weighted by molar-refractivity contribution is 5.59. The van der Waals surface area contributed by atoms with E-state index in [0.717, 1.165) is 45.5 Å². The van der Waals surface area contributed by atoms with Crippen LogP contribution in [-0.4, -0.2) is 9.55 Å². The fourth-order valence-electron chi connectivity index (χ4n) is 3.12. The number of para-hydroxylation sites is 1. The lowest BCUT2D eigenvalue weighted by atomic mass is 10.1. The van der Waals surface area contributed by atoms with Crippen molar-refractivity contribution in [1.29, 1.82) is 0 Å². The molecule has 0 atom stereocenters. The second-order valence-corrected chi connectivity index (χ2v) is 6.79. The fraction of sp³-hybridized carbons (Fsp3) is 0.125. The smallest absolute Gasteiger partial charge is 0.139 e. The summed E-state index contributed by atoms with van der Waals surface area (Å²) in [5, 5.41) is 0. The van der Waals surface area contributed by atoms with Gasteiger partial charge in [0.05, 0.1) is 0 Å². The second kappa shape index (κ2) is 7.61. The first-order valence-electron chi connectivity index (χ1n) is 9.20. The standard InChI is InChI=1S/C24H22N2O2/c1-17-14-18(2)23(16-22(17)27-20-9-5-4-6-10-20)28-21-11-7-8-19(15-21)24-25-12-13-26(24)3/h4-16H,1-3H3. The minimum Gasteiger partial charge on any atom is -0.457 e. The Morgan fingerprint density at radius 2 is 1.43 bits per heavy atom. The zero-order valence-electron chi connectivity index (χ0n) is 16.2. The van der Waals surface area contributed by atoms with Gasteiger partial charge < -0.3 is 14.0 Å². The van der Waals surface area contributed by atoms with E-state index in [0.29, 0.717) is 0 Å². The van der Waals surface area contributed by atoms with E-state index in [1.165, 1.54) is 0 Å². The van der Waals surface area contributed by atoms with Gasteiger partial charge >= 0.3 is 0 Å². The van der Waals surface area contributed by atoms with Crippen molar-refractivity contribution < 1.29 is 9.47 Å². The number of hydrogen-bond donors (Lipinski definition) is 0. The Labute approximate surface area is 165 Å². The van der Waals surface area contributed by atoms with Crippen LogP contribution in [0.3, 0.4) is 0 Å². The third-order valence-corrected chi connectivity index (χ3v) is 4.58. The zero-order chi connectivity index (χ0) is 19.5. The summed E-state index contributed by atoms with van der Waals surface area (Å²) in [5.41, 5.74) is 3.13. The molecule has 4 heteroatoms. The number of aryl methyl sites for hydroxylation is 3. The molecule has 0 amide bonds. The molecule has 0 radical (unpaired) electrons. The Morgan fingerprint density at radius 1 is 0.750 bits per heavy atom. The first-order chi connectivity index (χ1) is 13.6. The Balaban J connectivity index is 1.63. The van der Waals surface area contributed by atoms with E-state index in [2.05, 4.69) is 11.1 Å². The molecule has 28 heavy (non-hydrogen) atoms. The van der Waals surface area contributed by atoms with Crippen LogP contribution in [0.1, 0.15) is 11.1 Å². The largest absolute Gasteiger partial charge is 0.457 e. The first-order valence-corrected chi connectivity index (χ1v) is 9.20. The summed E-state index contributed by atoms with van der Waals surface area (Å²) in [6, 6.07) is 21.7. The van der Waals surface area contributed by atoms with Crippen LogP contribution in [0.4, 0.5) is 0 Å². The molecule has 0 bridgehead atoms. The summed E-state index contributed by atoms with van der Waals surface area (Å²) >= 11 is 0. The molecule has 1 heterocycles. The van der Waals surface area contributed by atoms with E-state index in [4.69, 9.17) is 9.47 Å². The normalized spacial score (nSPS) is 10.7. The summed E-state index contributed by atoms with van der Waals surface area (Å²) < 4.78 is 14.2. The van der Waals surface area contributed by atoms with Gasteiger partial charge in [-0.2, -0.15) is 0 Å². The molecule has 4 nitrogen and oxygen atoms in total. The molecule has 4 rings (SSSR count). The van der Waals surface area contributed by atoms with Crippen molar-refractivity contribution in [1.82, 2.24) is 9.55 Å². The molecule has 0 aliphatic rings. The Morgan fingerprint density at radius 3 is 2.11 bits per heavy atom. The number of ether oxygens (including phenoxy) is 2. The summed E-state index contributed by atoms with van der Waals surface area (Å²) in [6.45, 7) is 4.08. The zero-order valence-corrected chi connectivity index (χ0v) is 16.2. The SMILES string of the molecule is Cc1cc(C)c(Oc2cccc(-c3nccn3C)c2)cc1Oc1ccccc1. The van der Waals surface area contributed by atoms with Gasteiger partial charge in [0.25, 0.3) is 0 Å². The van der Waals surface area contributed by atoms with Gasteiger partial charge in [0.15, 0.2) is 0 Å². The lowest BCUT2D eigenvalue weighted by Crippen LogP contribution is -1.94. The van der Waals surface area contributed by atoms with Crippen LogP contribution in [0.25, 0.3) is 11.4 Å². The average Bonchev–Trinajstić information content (AvgIpc) is 3.13. The molecule has 0 N–H and O–H groups in total. The fourth-order valence-corrected chi connectivity index (χ4v) is 3.12. The lowest BCUT2D eigenvalue weighted by molar-refractivity contribution is 0.455. The number of nitrogens with zero attached hydrogens (tertiary/aromatic N) is 2. The van der Waals surface area contributed by atoms with Crippen molar-refractivity contribution in [3.8, 4) is 34.4 Å². The highest BCUT2D eigenvalue weighted by atomic mass is 16.5. The van der Waals surface area contributed by atoms with Crippen LogP contribution < -0.4 is 9.47 Å². The van der Waals surface area contributed by atoms with Gasteiger partial charge in [-0.3, -0.25) is 0 Å². The number of rotatable bonds is 5. The third-order valence-electron chi connectivity index (χ3n) is 4.58. The average molecular weight is 370 g/mol. The highest BCUT2D eigenvalue weighted by Gasteiger charge is 2.10. The Kier molecular flexibility index (Phi) is 4.85. The predicted molar refractivity (Wildman–Crippen MR) is 111 cm³/mol. The Bertz CT molecular complexity index is 1100. The number of hydrogen-bond acceptors (Lipinski definition) is 3. The summed E-state index contributed by atoms with van der Waals surface area (Å²) in [6.07, 6.45) is 3.72. The van der Waals surface area contributed by atoms with Crippen molar-refractivity contribution in [3.05, 3.63) is 90.3 Å². The van der Waals surface area contributed by atoms with Gasteiger partial charge in [-0.25, -0.2) is 4.98 Å². The molecule has 4 aromatic rings. The molecular formula is C24H22N2O2. The van der Waals surface area contributed by atoms with Crippen molar-refractivity contribution in [2.45, 2.75) is 13.8 Å². The van der Waals surface area contributed by atoms with Gasteiger partial charge in [-0.05, 0) is 55.3 Å². The van der Waals surface area contributed by atoms with Gasteiger partial charge in [0, 0.05) is 31.1 Å². The van der Waals surface area contributed by atoms with Gasteiger partial charge in [0.1, 0.15) is 28.8 Å². The predicted octanol–water partition coefficient (Wildman–Crippen LogP) is 6.29. The van der Waals surface area contributed by atoms with E-state index in [1.54, 1.807) is 6.20 Å². The highest BCUT2D eigenvalue weighted by Crippen LogP contribution is 2.35. The molecule has 0 fully saturated rings. The topological polar surface area (TPSA) is 36.3 Å². The monoisotopic (exact) mass is 370 g/mol. The molecule has 3 aromatic carbocycles. The number of aromatic nitrogens is 2. The molecule has 0 unspecified atom stereocenters. The molecule has 140 valence electrons. The minimum absolute atomic E-state index is 0.762. The molecule has 0 saturated heterocycles. The summed E-state index contributed by atoms with van der Waals surface area (Å²) in [7, 11) is 1.98. The van der Waals surface area contributed by atoms with Gasteiger partial charge in [-0.1, -0.05) is 30.3 Å². The van der Waals surface area contributed by atoms with E-state index in [-0.39, 0.29) is 0 Å².